The Morgan fingerprint density at radius 3 is 2.70 bits per heavy atom. The highest BCUT2D eigenvalue weighted by molar-refractivity contribution is 9.11. The normalized spacial score (nSPS) is 11.2. The maximum absolute atomic E-state index is 12.1. The van der Waals surface area contributed by atoms with Gasteiger partial charge in [0.25, 0.3) is 0 Å². The molecular weight excluding hydrogens is 440 g/mol. The Labute approximate surface area is 154 Å². The highest BCUT2D eigenvalue weighted by Crippen LogP contribution is 2.27. The fourth-order valence-electron chi connectivity index (χ4n) is 2.26. The predicted octanol–water partition coefficient (Wildman–Crippen LogP) is 5.12. The quantitative estimate of drug-likeness (QED) is 0.434. The molecule has 0 spiro atoms. The number of nitrogens with zero attached hydrogens (tertiary/aromatic N) is 1. The third-order valence-electron chi connectivity index (χ3n) is 3.28. The zero-order chi connectivity index (χ0) is 16.2. The molecule has 116 valence electrons. The monoisotopic (exact) mass is 450 g/mol. The summed E-state index contributed by atoms with van der Waals surface area (Å²) in [5.41, 5.74) is 3.56. The Balaban J connectivity index is 1.71. The first-order chi connectivity index (χ1) is 11.1. The Hall–Kier alpha value is -1.50. The van der Waals surface area contributed by atoms with E-state index in [1.165, 1.54) is 0 Å². The van der Waals surface area contributed by atoms with Crippen molar-refractivity contribution in [2.75, 3.05) is 0 Å². The van der Waals surface area contributed by atoms with Gasteiger partial charge in [0.2, 0.25) is 5.91 Å². The maximum atomic E-state index is 12.1. The van der Waals surface area contributed by atoms with E-state index in [1.807, 2.05) is 47.8 Å². The van der Waals surface area contributed by atoms with Crippen LogP contribution in [0.25, 0.3) is 10.8 Å². The summed E-state index contributed by atoms with van der Waals surface area (Å²) in [4.78, 5) is 13.1. The molecule has 0 saturated carbocycles. The van der Waals surface area contributed by atoms with Gasteiger partial charge in [-0.1, -0.05) is 46.3 Å². The number of hydrogen-bond acceptors (Lipinski definition) is 3. The zero-order valence-electron chi connectivity index (χ0n) is 11.9. The number of carbonyl (C=O) groups excluding carboxylic acids is 1. The summed E-state index contributed by atoms with van der Waals surface area (Å²) in [6.45, 7) is 0. The van der Waals surface area contributed by atoms with Crippen LogP contribution in [0.4, 0.5) is 0 Å². The van der Waals surface area contributed by atoms with E-state index in [0.29, 0.717) is 6.42 Å². The van der Waals surface area contributed by atoms with E-state index in [2.05, 4.69) is 42.4 Å². The maximum Gasteiger partial charge on any atom is 0.244 e. The second-order valence-electron chi connectivity index (χ2n) is 4.89. The lowest BCUT2D eigenvalue weighted by Gasteiger charge is -2.07. The van der Waals surface area contributed by atoms with Gasteiger partial charge in [-0.05, 0) is 44.4 Å². The SMILES string of the molecule is O=C(Cc1ccc(Br)c2ccccc12)NN=Cc1cc(Br)cs1. The molecule has 0 bridgehead atoms. The Morgan fingerprint density at radius 1 is 1.17 bits per heavy atom. The molecule has 1 aromatic heterocycles. The molecule has 3 rings (SSSR count). The van der Waals surface area contributed by atoms with Crippen LogP contribution in [0.5, 0.6) is 0 Å². The van der Waals surface area contributed by atoms with Crippen molar-refractivity contribution < 1.29 is 4.79 Å². The van der Waals surface area contributed by atoms with Crippen molar-refractivity contribution in [3.63, 3.8) is 0 Å². The third-order valence-corrected chi connectivity index (χ3v) is 5.60. The fraction of sp³-hybridized carbons (Fsp3) is 0.0588. The summed E-state index contributed by atoms with van der Waals surface area (Å²) in [5, 5.41) is 8.15. The number of thiophene rings is 1. The van der Waals surface area contributed by atoms with Gasteiger partial charge < -0.3 is 0 Å². The van der Waals surface area contributed by atoms with E-state index >= 15 is 0 Å². The summed E-state index contributed by atoms with van der Waals surface area (Å²) >= 11 is 8.48. The molecule has 2 aromatic carbocycles. The summed E-state index contributed by atoms with van der Waals surface area (Å²) in [6, 6.07) is 13.9. The van der Waals surface area contributed by atoms with E-state index in [-0.39, 0.29) is 5.91 Å². The van der Waals surface area contributed by atoms with Crippen LogP contribution in [0.1, 0.15) is 10.4 Å². The highest BCUT2D eigenvalue weighted by atomic mass is 79.9. The molecular formula is C17H12Br2N2OS. The van der Waals surface area contributed by atoms with Crippen LogP contribution in [-0.4, -0.2) is 12.1 Å². The zero-order valence-corrected chi connectivity index (χ0v) is 15.9. The van der Waals surface area contributed by atoms with Crippen LogP contribution in [0.15, 0.2) is 61.9 Å². The molecule has 0 unspecified atom stereocenters. The molecule has 0 atom stereocenters. The fourth-order valence-corrected chi connectivity index (χ4v) is 4.04. The molecule has 23 heavy (non-hydrogen) atoms. The first-order valence-electron chi connectivity index (χ1n) is 6.85. The molecule has 3 aromatic rings. The van der Waals surface area contributed by atoms with Crippen molar-refractivity contribution in [1.29, 1.82) is 0 Å². The molecule has 3 nitrogen and oxygen atoms in total. The van der Waals surface area contributed by atoms with Gasteiger partial charge in [0, 0.05) is 19.2 Å². The Morgan fingerprint density at radius 2 is 1.96 bits per heavy atom. The molecule has 1 amide bonds. The van der Waals surface area contributed by atoms with Crippen LogP contribution in [0.3, 0.4) is 0 Å². The van der Waals surface area contributed by atoms with Crippen LogP contribution in [0.2, 0.25) is 0 Å². The number of halogens is 2. The number of fused-ring (bicyclic) bond motifs is 1. The standard InChI is InChI=1S/C17H12Br2N2OS/c18-12-8-13(23-10-12)9-20-21-17(22)7-11-5-6-16(19)15-4-2-1-3-14(11)15/h1-6,8-10H,7H2,(H,21,22). The van der Waals surface area contributed by atoms with Crippen molar-refractivity contribution in [2.24, 2.45) is 5.10 Å². The van der Waals surface area contributed by atoms with Crippen molar-refractivity contribution in [2.45, 2.75) is 6.42 Å². The van der Waals surface area contributed by atoms with Crippen LogP contribution < -0.4 is 5.43 Å². The molecule has 6 heteroatoms. The summed E-state index contributed by atoms with van der Waals surface area (Å²) in [7, 11) is 0. The predicted molar refractivity (Wildman–Crippen MR) is 103 cm³/mol. The van der Waals surface area contributed by atoms with E-state index < -0.39 is 0 Å². The van der Waals surface area contributed by atoms with Crippen molar-refractivity contribution in [1.82, 2.24) is 5.43 Å². The van der Waals surface area contributed by atoms with Crippen LogP contribution in [0, 0.1) is 0 Å². The van der Waals surface area contributed by atoms with Gasteiger partial charge in [0.05, 0.1) is 12.6 Å². The van der Waals surface area contributed by atoms with Gasteiger partial charge in [-0.15, -0.1) is 11.3 Å². The highest BCUT2D eigenvalue weighted by Gasteiger charge is 2.08. The molecule has 0 aliphatic rings. The van der Waals surface area contributed by atoms with Gasteiger partial charge in [-0.2, -0.15) is 5.10 Å². The van der Waals surface area contributed by atoms with E-state index in [1.54, 1.807) is 17.6 Å². The average Bonchev–Trinajstić information content (AvgIpc) is 2.96. The Bertz CT molecular complexity index is 889. The first kappa shape index (κ1) is 16.4. The number of carbonyl (C=O) groups is 1. The number of hydrogen-bond donors (Lipinski definition) is 1. The summed E-state index contributed by atoms with van der Waals surface area (Å²) < 4.78 is 2.04. The molecule has 1 N–H and O–H groups in total. The largest absolute Gasteiger partial charge is 0.273 e. The minimum absolute atomic E-state index is 0.135. The minimum Gasteiger partial charge on any atom is -0.273 e. The third kappa shape index (κ3) is 4.07. The Kier molecular flexibility index (Phi) is 5.25. The van der Waals surface area contributed by atoms with Crippen molar-refractivity contribution in [3.05, 3.63) is 67.2 Å². The lowest BCUT2D eigenvalue weighted by molar-refractivity contribution is -0.120. The van der Waals surface area contributed by atoms with Crippen LogP contribution in [-0.2, 0) is 11.2 Å². The van der Waals surface area contributed by atoms with Gasteiger partial charge in [-0.3, -0.25) is 4.79 Å². The second-order valence-corrected chi connectivity index (χ2v) is 7.60. The lowest BCUT2D eigenvalue weighted by atomic mass is 10.0. The van der Waals surface area contributed by atoms with E-state index in [0.717, 1.165) is 30.2 Å². The van der Waals surface area contributed by atoms with Crippen molar-refractivity contribution >= 4 is 66.1 Å². The van der Waals surface area contributed by atoms with Gasteiger partial charge in [0.1, 0.15) is 0 Å². The molecule has 0 radical (unpaired) electrons. The molecule has 0 aliphatic heterocycles. The summed E-state index contributed by atoms with van der Waals surface area (Å²) in [5.74, 6) is -0.135. The lowest BCUT2D eigenvalue weighted by Crippen LogP contribution is -2.19. The number of benzene rings is 2. The van der Waals surface area contributed by atoms with Gasteiger partial charge in [0.15, 0.2) is 0 Å². The second kappa shape index (κ2) is 7.38. The number of nitrogens with one attached hydrogen (secondary N) is 1. The average molecular weight is 452 g/mol. The number of rotatable bonds is 4. The van der Waals surface area contributed by atoms with E-state index in [9.17, 15) is 4.79 Å². The van der Waals surface area contributed by atoms with Crippen molar-refractivity contribution in [3.8, 4) is 0 Å². The smallest absolute Gasteiger partial charge is 0.244 e. The summed E-state index contributed by atoms with van der Waals surface area (Å²) in [6.07, 6.45) is 1.94. The molecule has 0 saturated heterocycles. The van der Waals surface area contributed by atoms with Gasteiger partial charge >= 0.3 is 0 Å². The van der Waals surface area contributed by atoms with Gasteiger partial charge in [-0.25, -0.2) is 5.43 Å². The number of amides is 1. The topological polar surface area (TPSA) is 41.5 Å². The molecule has 1 heterocycles. The number of hydrazone groups is 1. The van der Waals surface area contributed by atoms with Crippen LogP contribution >= 0.6 is 43.2 Å². The molecule has 0 fully saturated rings. The minimum atomic E-state index is -0.135. The first-order valence-corrected chi connectivity index (χ1v) is 9.32. The molecule has 0 aliphatic carbocycles. The van der Waals surface area contributed by atoms with E-state index in [4.69, 9.17) is 0 Å².